The summed E-state index contributed by atoms with van der Waals surface area (Å²) in [5.74, 6) is 1.93. The molecule has 6 aromatic carbocycles. The van der Waals surface area contributed by atoms with Crippen LogP contribution in [0.15, 0.2) is 189 Å². The molecule has 5 nitrogen and oxygen atoms in total. The lowest BCUT2D eigenvalue weighted by Crippen LogP contribution is -2.00. The molecule has 0 N–H and O–H groups in total. The van der Waals surface area contributed by atoms with E-state index in [1.54, 1.807) is 0 Å². The van der Waals surface area contributed by atoms with Gasteiger partial charge in [-0.05, 0) is 74.5 Å². The van der Waals surface area contributed by atoms with Crippen molar-refractivity contribution in [1.82, 2.24) is 24.9 Å². The third kappa shape index (κ3) is 6.12. The van der Waals surface area contributed by atoms with Gasteiger partial charge in [-0.2, -0.15) is 0 Å². The number of rotatable bonds is 7. The summed E-state index contributed by atoms with van der Waals surface area (Å²) >= 11 is 0. The zero-order valence-electron chi connectivity index (χ0n) is 28.1. The molecule has 0 saturated heterocycles. The van der Waals surface area contributed by atoms with Gasteiger partial charge in [-0.3, -0.25) is 9.97 Å². The molecule has 0 saturated carbocycles. The second-order valence-corrected chi connectivity index (χ2v) is 12.6. The molecule has 0 radical (unpaired) electrons. The molecule has 0 aliphatic carbocycles. The topological polar surface area (TPSA) is 64.5 Å². The van der Waals surface area contributed by atoms with Crippen molar-refractivity contribution in [2.24, 2.45) is 0 Å². The summed E-state index contributed by atoms with van der Waals surface area (Å²) in [4.78, 5) is 23.5. The predicted molar refractivity (Wildman–Crippen MR) is 211 cm³/mol. The first-order chi connectivity index (χ1) is 25.8. The summed E-state index contributed by atoms with van der Waals surface area (Å²) < 4.78 is 0. The van der Waals surface area contributed by atoms with E-state index in [2.05, 4.69) is 101 Å². The molecule has 0 amide bonds. The predicted octanol–water partition coefficient (Wildman–Crippen LogP) is 11.5. The summed E-state index contributed by atoms with van der Waals surface area (Å²) in [6.07, 6.45) is 7.45. The van der Waals surface area contributed by atoms with Crippen LogP contribution in [-0.4, -0.2) is 24.9 Å². The molecule has 0 aliphatic heterocycles. The van der Waals surface area contributed by atoms with Gasteiger partial charge in [0.2, 0.25) is 0 Å². The Labute approximate surface area is 302 Å². The maximum absolute atomic E-state index is 4.92. The van der Waals surface area contributed by atoms with Crippen LogP contribution in [0.5, 0.6) is 0 Å². The van der Waals surface area contributed by atoms with Crippen LogP contribution in [0.25, 0.3) is 89.4 Å². The molecule has 52 heavy (non-hydrogen) atoms. The first-order valence-corrected chi connectivity index (χ1v) is 17.2. The van der Waals surface area contributed by atoms with Crippen molar-refractivity contribution in [1.29, 1.82) is 0 Å². The van der Waals surface area contributed by atoms with Gasteiger partial charge in [0, 0.05) is 52.6 Å². The Morgan fingerprint density at radius 3 is 1.12 bits per heavy atom. The molecule has 0 unspecified atom stereocenters. The van der Waals surface area contributed by atoms with Crippen LogP contribution in [0.2, 0.25) is 0 Å². The van der Waals surface area contributed by atoms with E-state index in [1.165, 1.54) is 16.3 Å². The van der Waals surface area contributed by atoms with Crippen molar-refractivity contribution in [3.63, 3.8) is 0 Å². The minimum Gasteiger partial charge on any atom is -0.264 e. The molecule has 3 heterocycles. The number of hydrogen-bond acceptors (Lipinski definition) is 5. The lowest BCUT2D eigenvalue weighted by molar-refractivity contribution is 1.07. The highest BCUT2D eigenvalue weighted by Crippen LogP contribution is 2.39. The van der Waals surface area contributed by atoms with Crippen molar-refractivity contribution >= 4 is 10.8 Å². The molecule has 0 aliphatic rings. The van der Waals surface area contributed by atoms with Gasteiger partial charge in [-0.25, -0.2) is 15.0 Å². The largest absolute Gasteiger partial charge is 0.264 e. The van der Waals surface area contributed by atoms with Crippen LogP contribution >= 0.6 is 0 Å². The lowest BCUT2D eigenvalue weighted by atomic mass is 9.89. The highest BCUT2D eigenvalue weighted by atomic mass is 15.0. The fourth-order valence-electron chi connectivity index (χ4n) is 6.72. The molecule has 5 heteroatoms. The van der Waals surface area contributed by atoms with Crippen LogP contribution in [0.1, 0.15) is 0 Å². The van der Waals surface area contributed by atoms with Gasteiger partial charge in [0.15, 0.2) is 17.5 Å². The molecular weight excluding hydrogens is 635 g/mol. The van der Waals surface area contributed by atoms with E-state index in [4.69, 9.17) is 15.0 Å². The summed E-state index contributed by atoms with van der Waals surface area (Å²) in [7, 11) is 0. The maximum Gasteiger partial charge on any atom is 0.164 e. The van der Waals surface area contributed by atoms with Crippen LogP contribution in [0.4, 0.5) is 0 Å². The normalized spacial score (nSPS) is 11.1. The number of aromatic nitrogens is 5. The minimum absolute atomic E-state index is 0.636. The van der Waals surface area contributed by atoms with E-state index < -0.39 is 0 Å². The number of hydrogen-bond donors (Lipinski definition) is 0. The zero-order valence-corrected chi connectivity index (χ0v) is 28.1. The highest BCUT2D eigenvalue weighted by molar-refractivity contribution is 6.05. The number of benzene rings is 6. The Morgan fingerprint density at radius 2 is 0.654 bits per heavy atom. The summed E-state index contributed by atoms with van der Waals surface area (Å²) in [5.41, 5.74) is 11.8. The van der Waals surface area contributed by atoms with Crippen LogP contribution in [-0.2, 0) is 0 Å². The number of nitrogens with zero attached hydrogens (tertiary/aromatic N) is 5. The van der Waals surface area contributed by atoms with E-state index in [9.17, 15) is 0 Å². The third-order valence-corrected chi connectivity index (χ3v) is 9.31. The minimum atomic E-state index is 0.636. The first-order valence-electron chi connectivity index (χ1n) is 17.2. The van der Waals surface area contributed by atoms with E-state index >= 15 is 0 Å². The van der Waals surface area contributed by atoms with Gasteiger partial charge in [-0.15, -0.1) is 0 Å². The SMILES string of the molecule is c1ccc(-c2nc(-c3ccccc3)nc(-c3ccc(-c4ccc(-c5cc(-c6cccnc6)cc(-c6cccnc6)c5)c5ccccc45)cc3)n2)cc1. The Balaban J connectivity index is 1.13. The number of fused-ring (bicyclic) bond motifs is 1. The summed E-state index contributed by atoms with van der Waals surface area (Å²) in [6, 6.07) is 56.7. The molecule has 9 aromatic rings. The van der Waals surface area contributed by atoms with Crippen LogP contribution < -0.4 is 0 Å². The molecule has 0 spiro atoms. The fraction of sp³-hybridized carbons (Fsp3) is 0. The Bertz CT molecular complexity index is 2530. The molecule has 244 valence electrons. The Hall–Kier alpha value is -7.11. The zero-order chi connectivity index (χ0) is 34.7. The second-order valence-electron chi connectivity index (χ2n) is 12.6. The molecule has 0 atom stereocenters. The summed E-state index contributed by atoms with van der Waals surface area (Å²) in [6.45, 7) is 0. The average Bonchev–Trinajstić information content (AvgIpc) is 3.24. The van der Waals surface area contributed by atoms with E-state index in [-0.39, 0.29) is 0 Å². The second kappa shape index (κ2) is 13.7. The van der Waals surface area contributed by atoms with Crippen LogP contribution in [0, 0.1) is 0 Å². The fourth-order valence-corrected chi connectivity index (χ4v) is 6.72. The Morgan fingerprint density at radius 1 is 0.269 bits per heavy atom. The molecule has 0 bridgehead atoms. The van der Waals surface area contributed by atoms with Crippen molar-refractivity contribution in [2.75, 3.05) is 0 Å². The quantitative estimate of drug-likeness (QED) is 0.169. The van der Waals surface area contributed by atoms with E-state index in [0.717, 1.165) is 55.6 Å². The van der Waals surface area contributed by atoms with Gasteiger partial charge in [-0.1, -0.05) is 133 Å². The van der Waals surface area contributed by atoms with Gasteiger partial charge in [0.1, 0.15) is 0 Å². The van der Waals surface area contributed by atoms with Crippen molar-refractivity contribution in [3.8, 4) is 78.7 Å². The number of pyridine rings is 2. The average molecular weight is 666 g/mol. The monoisotopic (exact) mass is 665 g/mol. The van der Waals surface area contributed by atoms with Crippen LogP contribution in [0.3, 0.4) is 0 Å². The van der Waals surface area contributed by atoms with Gasteiger partial charge in [0.25, 0.3) is 0 Å². The molecule has 3 aromatic heterocycles. The molecule has 9 rings (SSSR count). The van der Waals surface area contributed by atoms with Gasteiger partial charge in [0.05, 0.1) is 0 Å². The van der Waals surface area contributed by atoms with E-state index in [0.29, 0.717) is 17.5 Å². The van der Waals surface area contributed by atoms with Crippen molar-refractivity contribution < 1.29 is 0 Å². The molecule has 0 fully saturated rings. The van der Waals surface area contributed by atoms with Crippen molar-refractivity contribution in [3.05, 3.63) is 189 Å². The standard InChI is InChI=1S/C47H31N5/c1-3-11-33(12-4-1)45-50-46(34-13-5-2-6-14-34)52-47(51-45)35-21-19-32(20-22-35)41-23-24-42(44-18-8-7-17-43(41)44)40-28-38(36-15-9-25-48-30-36)27-39(29-40)37-16-10-26-49-31-37/h1-31H. The van der Waals surface area contributed by atoms with Gasteiger partial charge >= 0.3 is 0 Å². The molecular formula is C47H31N5. The Kier molecular flexibility index (Phi) is 8.12. The smallest absolute Gasteiger partial charge is 0.164 e. The van der Waals surface area contributed by atoms with Gasteiger partial charge < -0.3 is 0 Å². The summed E-state index contributed by atoms with van der Waals surface area (Å²) in [5, 5.41) is 2.36. The first kappa shape index (κ1) is 30.9. The van der Waals surface area contributed by atoms with E-state index in [1.807, 2.05) is 97.6 Å². The lowest BCUT2D eigenvalue weighted by Gasteiger charge is -2.15. The van der Waals surface area contributed by atoms with Crippen molar-refractivity contribution in [2.45, 2.75) is 0 Å². The third-order valence-electron chi connectivity index (χ3n) is 9.31. The maximum atomic E-state index is 4.92. The highest BCUT2D eigenvalue weighted by Gasteiger charge is 2.15.